The zero-order valence-electron chi connectivity index (χ0n) is 44.5. The summed E-state index contributed by atoms with van der Waals surface area (Å²) in [4.78, 5) is 163. The van der Waals surface area contributed by atoms with Crippen LogP contribution in [0.1, 0.15) is 113 Å². The summed E-state index contributed by atoms with van der Waals surface area (Å²) in [6, 6.07) is -5.21. The highest BCUT2D eigenvalue weighted by Crippen LogP contribution is 2.19. The molecule has 1 aromatic carbocycles. The number of nitrogens with zero attached hydrogens (tertiary/aromatic N) is 2. The highest BCUT2D eigenvalue weighted by atomic mass is 16.4. The van der Waals surface area contributed by atoms with Gasteiger partial charge in [0, 0.05) is 52.2 Å². The summed E-state index contributed by atoms with van der Waals surface area (Å²) in [5, 5.41) is 37.6. The number of aliphatic imine (C=N–C) groups is 2. The molecule has 0 spiro atoms. The van der Waals surface area contributed by atoms with E-state index in [0.717, 1.165) is 29.2 Å². The van der Waals surface area contributed by atoms with Gasteiger partial charge in [0.15, 0.2) is 11.9 Å². The number of benzene rings is 1. The lowest BCUT2D eigenvalue weighted by atomic mass is 9.94. The molecule has 0 radical (unpaired) electrons. The molecule has 0 aliphatic carbocycles. The number of carbonyl (C=O) groups is 12. The van der Waals surface area contributed by atoms with E-state index in [4.69, 9.17) is 44.6 Å². The maximum absolute atomic E-state index is 14.6. The Balaban J connectivity index is 3.77. The molecular weight excluding hydrogens is 1020 g/mol. The smallest absolute Gasteiger partial charge is 0.322 e. The van der Waals surface area contributed by atoms with Crippen LogP contribution >= 0.6 is 0 Å². The number of carboxylic acid groups (broad SMARTS) is 2. The summed E-state index contributed by atoms with van der Waals surface area (Å²) in [7, 11) is 0. The number of hydrogen-bond acceptors (Lipinski definition) is 14. The summed E-state index contributed by atoms with van der Waals surface area (Å²) >= 11 is 0. The number of nitrogens with one attached hydrogen (secondary N) is 8. The number of amides is 10. The second kappa shape index (κ2) is 35.6. The lowest BCUT2D eigenvalue weighted by Crippen LogP contribution is -2.59. The molecule has 1 aromatic rings. The Labute approximate surface area is 451 Å². The monoisotopic (exact) mass is 1100 g/mol. The van der Waals surface area contributed by atoms with Crippen molar-refractivity contribution >= 4 is 82.9 Å². The first-order valence-corrected chi connectivity index (χ1v) is 25.1. The summed E-state index contributed by atoms with van der Waals surface area (Å²) < 4.78 is 0. The van der Waals surface area contributed by atoms with E-state index in [1.165, 1.54) is 0 Å². The Morgan fingerprint density at radius 3 is 1.29 bits per heavy atom. The lowest BCUT2D eigenvalue weighted by molar-refractivity contribution is -0.138. The van der Waals surface area contributed by atoms with Crippen LogP contribution in [0.15, 0.2) is 22.1 Å². The van der Waals surface area contributed by atoms with Gasteiger partial charge in [0.1, 0.15) is 42.8 Å². The van der Waals surface area contributed by atoms with Crippen LogP contribution in [0.5, 0.6) is 0 Å². The summed E-state index contributed by atoms with van der Waals surface area (Å²) in [6.45, 7) is 5.97. The number of carbonyl (C=O) groups excluding carboxylic acids is 10. The summed E-state index contributed by atoms with van der Waals surface area (Å²) in [6.07, 6.45) is -2.59. The minimum Gasteiger partial charge on any atom is -0.481 e. The van der Waals surface area contributed by atoms with Crippen LogP contribution in [0.4, 0.5) is 0 Å². The molecule has 0 fully saturated rings. The molecule has 0 aliphatic heterocycles. The SMILES string of the molecule is CC(=O)NC(CCC(=O)NCCCC(=O)O)C(=O)NC(CCC(=O)NCC(=O)O)C(=O)NC(CCc1c(C)cc(C)cc1C)C(=O)NC(CCC(N)=O)C(=O)NC(CCCN=C(N)N)C(=O)NC(CCCN=C(N)N)C(N)=O. The number of rotatable bonds is 38. The standard InChI is InChI=1S/C48H78N16O14/c1-25-22-26(2)29(27(3)23-25)11-12-33(62-46(78)35(15-18-38(68)58-24-40(71)72)64-43(75)32(59-28(4)65)14-17-37(67)55-19-7-10-39(69)70)44(76)63-34(13-16-36(49)66)45(77)61-31(9-6-21-57-48(53)54)42(74)60-30(41(50)73)8-5-20-56-47(51)52/h22-23,30-35H,5-21,24H2,1-4H3,(H2,49,66)(H2,50,73)(H,55,67)(H,58,68)(H,59,65)(H,60,74)(H,61,77)(H,62,78)(H,63,76)(H,64,75)(H,69,70)(H,71,72)(H4,51,52,56)(H4,53,54,57). The van der Waals surface area contributed by atoms with Crippen LogP contribution in [0.3, 0.4) is 0 Å². The van der Waals surface area contributed by atoms with Gasteiger partial charge in [-0.25, -0.2) is 0 Å². The van der Waals surface area contributed by atoms with Gasteiger partial charge in [-0.2, -0.15) is 0 Å². The minimum absolute atomic E-state index is 0.0000170. The lowest BCUT2D eigenvalue weighted by Gasteiger charge is -2.28. The van der Waals surface area contributed by atoms with Crippen molar-refractivity contribution in [3.8, 4) is 0 Å². The van der Waals surface area contributed by atoms with Crippen molar-refractivity contribution in [2.24, 2.45) is 44.4 Å². The van der Waals surface area contributed by atoms with Crippen molar-refractivity contribution in [2.75, 3.05) is 26.2 Å². The molecule has 1 rings (SSSR count). The average Bonchev–Trinajstić information content (AvgIpc) is 3.33. The van der Waals surface area contributed by atoms with E-state index in [9.17, 15) is 57.5 Å². The first-order valence-electron chi connectivity index (χ1n) is 25.1. The fourth-order valence-corrected chi connectivity index (χ4v) is 7.79. The van der Waals surface area contributed by atoms with E-state index >= 15 is 0 Å². The first-order chi connectivity index (χ1) is 36.6. The fraction of sp³-hybridized carbons (Fsp3) is 0.583. The molecule has 6 unspecified atom stereocenters. The summed E-state index contributed by atoms with van der Waals surface area (Å²) in [5.74, 6) is -11.8. The molecule has 30 heteroatoms. The summed E-state index contributed by atoms with van der Waals surface area (Å²) in [5.41, 5.74) is 36.1. The van der Waals surface area contributed by atoms with Crippen LogP contribution in [0.2, 0.25) is 0 Å². The van der Waals surface area contributed by atoms with E-state index in [0.29, 0.717) is 0 Å². The molecule has 78 heavy (non-hydrogen) atoms. The van der Waals surface area contributed by atoms with Gasteiger partial charge >= 0.3 is 11.9 Å². The maximum Gasteiger partial charge on any atom is 0.322 e. The molecule has 0 saturated heterocycles. The van der Waals surface area contributed by atoms with Gasteiger partial charge in [-0.1, -0.05) is 17.7 Å². The van der Waals surface area contributed by atoms with Crippen LogP contribution in [0, 0.1) is 20.8 Å². The van der Waals surface area contributed by atoms with E-state index in [2.05, 4.69) is 52.5 Å². The van der Waals surface area contributed by atoms with Crippen LogP contribution in [-0.4, -0.2) is 156 Å². The minimum atomic E-state index is -1.68. The highest BCUT2D eigenvalue weighted by molar-refractivity contribution is 5.97. The number of nitrogens with two attached hydrogens (primary N) is 6. The second-order valence-corrected chi connectivity index (χ2v) is 18.4. The van der Waals surface area contributed by atoms with Crippen molar-refractivity contribution in [1.82, 2.24) is 42.5 Å². The zero-order chi connectivity index (χ0) is 59.1. The van der Waals surface area contributed by atoms with E-state index < -0.39 is 139 Å². The van der Waals surface area contributed by atoms with E-state index in [1.807, 2.05) is 32.9 Å². The van der Waals surface area contributed by atoms with Crippen molar-refractivity contribution in [3.63, 3.8) is 0 Å². The predicted octanol–water partition coefficient (Wildman–Crippen LogP) is -4.93. The molecule has 0 saturated carbocycles. The predicted molar refractivity (Wildman–Crippen MR) is 283 cm³/mol. The van der Waals surface area contributed by atoms with Crippen molar-refractivity contribution < 1.29 is 67.7 Å². The van der Waals surface area contributed by atoms with Crippen molar-refractivity contribution in [1.29, 1.82) is 0 Å². The second-order valence-electron chi connectivity index (χ2n) is 18.4. The Morgan fingerprint density at radius 1 is 0.487 bits per heavy atom. The maximum atomic E-state index is 14.6. The number of hydrogen-bond donors (Lipinski definition) is 16. The zero-order valence-corrected chi connectivity index (χ0v) is 44.5. The molecule has 0 bridgehead atoms. The topological polar surface area (TPSA) is 522 Å². The normalized spacial score (nSPS) is 13.0. The Hall–Kier alpha value is -8.60. The molecule has 0 heterocycles. The Bertz CT molecular complexity index is 2330. The average molecular weight is 1100 g/mol. The van der Waals surface area contributed by atoms with Crippen molar-refractivity contribution in [2.45, 2.75) is 154 Å². The molecule has 0 aromatic heterocycles. The Morgan fingerprint density at radius 2 is 0.885 bits per heavy atom. The van der Waals surface area contributed by atoms with Gasteiger partial charge in [-0.3, -0.25) is 67.5 Å². The molecule has 6 atom stereocenters. The van der Waals surface area contributed by atoms with Gasteiger partial charge < -0.3 is 87.1 Å². The van der Waals surface area contributed by atoms with E-state index in [-0.39, 0.29) is 95.8 Å². The highest BCUT2D eigenvalue weighted by Gasteiger charge is 2.34. The molecule has 434 valence electrons. The van der Waals surface area contributed by atoms with Crippen LogP contribution in [-0.2, 0) is 64.0 Å². The van der Waals surface area contributed by atoms with Crippen LogP contribution in [0.25, 0.3) is 0 Å². The fourth-order valence-electron chi connectivity index (χ4n) is 7.79. The molecule has 22 N–H and O–H groups in total. The molecular formula is C48H78N16O14. The number of aryl methyl sites for hydroxylation is 3. The van der Waals surface area contributed by atoms with Gasteiger partial charge in [0.25, 0.3) is 0 Å². The number of primary amides is 2. The van der Waals surface area contributed by atoms with Gasteiger partial charge in [-0.05, 0) is 102 Å². The van der Waals surface area contributed by atoms with Gasteiger partial charge in [-0.15, -0.1) is 0 Å². The molecule has 0 aliphatic rings. The van der Waals surface area contributed by atoms with Gasteiger partial charge in [0.2, 0.25) is 59.1 Å². The van der Waals surface area contributed by atoms with E-state index in [1.54, 1.807) is 0 Å². The number of guanidine groups is 2. The first kappa shape index (κ1) is 67.4. The third kappa shape index (κ3) is 28.9. The van der Waals surface area contributed by atoms with Crippen LogP contribution < -0.4 is 76.9 Å². The van der Waals surface area contributed by atoms with Crippen molar-refractivity contribution in [3.05, 3.63) is 34.4 Å². The molecule has 10 amide bonds. The largest absolute Gasteiger partial charge is 0.481 e. The number of aliphatic carboxylic acids is 2. The molecule has 30 nitrogen and oxygen atoms in total. The third-order valence-electron chi connectivity index (χ3n) is 11.6. The third-order valence-corrected chi connectivity index (χ3v) is 11.6. The van der Waals surface area contributed by atoms with Gasteiger partial charge in [0.05, 0.1) is 0 Å². The number of carboxylic acids is 2. The Kier molecular flexibility index (Phi) is 30.8. The quantitative estimate of drug-likeness (QED) is 0.0168.